The molecule has 0 spiro atoms. The van der Waals surface area contributed by atoms with Gasteiger partial charge >= 0.3 is 6.18 Å². The van der Waals surface area contributed by atoms with E-state index in [1.165, 1.54) is 6.07 Å². The molecule has 0 saturated carbocycles. The fourth-order valence-electron chi connectivity index (χ4n) is 0.814. The van der Waals surface area contributed by atoms with Crippen LogP contribution >= 0.6 is 11.6 Å². The van der Waals surface area contributed by atoms with Crippen molar-refractivity contribution in [1.29, 1.82) is 0 Å². The second kappa shape index (κ2) is 2.98. The van der Waals surface area contributed by atoms with Gasteiger partial charge in [0.2, 0.25) is 0 Å². The second-order valence-corrected chi connectivity index (χ2v) is 2.78. The summed E-state index contributed by atoms with van der Waals surface area (Å²) in [5.74, 6) is 0. The molecule has 0 nitrogen and oxygen atoms in total. The molecular weight excluding hydrogens is 189 g/mol. The summed E-state index contributed by atoms with van der Waals surface area (Å²) >= 11 is 5.42. The Morgan fingerprint density at radius 3 is 2.17 bits per heavy atom. The standard InChI is InChI=1S/C8H5ClF3/c1-5-2-6(8(10,11)12)4-7(9)3-5/h2-4H,1H2. The van der Waals surface area contributed by atoms with Gasteiger partial charge < -0.3 is 0 Å². The van der Waals surface area contributed by atoms with Gasteiger partial charge in [0.1, 0.15) is 0 Å². The molecule has 0 unspecified atom stereocenters. The summed E-state index contributed by atoms with van der Waals surface area (Å²) in [6.07, 6.45) is -4.35. The van der Waals surface area contributed by atoms with E-state index in [2.05, 4.69) is 6.92 Å². The van der Waals surface area contributed by atoms with Crippen molar-refractivity contribution in [2.45, 2.75) is 6.18 Å². The molecule has 1 rings (SSSR count). The number of halogens is 4. The molecular formula is C8H5ClF3. The fraction of sp³-hybridized carbons (Fsp3) is 0.125. The summed E-state index contributed by atoms with van der Waals surface area (Å²) < 4.78 is 36.2. The van der Waals surface area contributed by atoms with E-state index < -0.39 is 11.7 Å². The zero-order valence-corrected chi connectivity index (χ0v) is 6.71. The Labute approximate surface area is 73.0 Å². The van der Waals surface area contributed by atoms with E-state index in [0.29, 0.717) is 0 Å². The average Bonchev–Trinajstić information content (AvgIpc) is 1.82. The van der Waals surface area contributed by atoms with Gasteiger partial charge in [0.25, 0.3) is 0 Å². The van der Waals surface area contributed by atoms with E-state index in [1.807, 2.05) is 0 Å². The first-order chi connectivity index (χ1) is 5.39. The molecule has 0 atom stereocenters. The van der Waals surface area contributed by atoms with Crippen LogP contribution in [0.25, 0.3) is 0 Å². The van der Waals surface area contributed by atoms with Crippen molar-refractivity contribution < 1.29 is 13.2 Å². The lowest BCUT2D eigenvalue weighted by atomic mass is 10.1. The molecule has 0 amide bonds. The highest BCUT2D eigenvalue weighted by Gasteiger charge is 2.30. The van der Waals surface area contributed by atoms with Crippen LogP contribution in [-0.2, 0) is 6.18 Å². The van der Waals surface area contributed by atoms with Gasteiger partial charge in [-0.1, -0.05) is 11.6 Å². The van der Waals surface area contributed by atoms with E-state index in [0.717, 1.165) is 12.1 Å². The first kappa shape index (κ1) is 9.39. The predicted molar refractivity (Wildman–Crippen MR) is 40.9 cm³/mol. The highest BCUT2D eigenvalue weighted by atomic mass is 35.5. The fourth-order valence-corrected chi connectivity index (χ4v) is 1.07. The molecule has 1 aromatic rings. The summed E-state index contributed by atoms with van der Waals surface area (Å²) in [6, 6.07) is 3.19. The van der Waals surface area contributed by atoms with Crippen LogP contribution in [0.1, 0.15) is 11.1 Å². The molecule has 0 saturated heterocycles. The minimum atomic E-state index is -4.35. The van der Waals surface area contributed by atoms with Crippen molar-refractivity contribution in [2.75, 3.05) is 0 Å². The molecule has 12 heavy (non-hydrogen) atoms. The van der Waals surface area contributed by atoms with Crippen molar-refractivity contribution in [3.05, 3.63) is 41.3 Å². The monoisotopic (exact) mass is 193 g/mol. The number of hydrogen-bond donors (Lipinski definition) is 0. The molecule has 4 heteroatoms. The Bertz CT molecular complexity index is 271. The van der Waals surface area contributed by atoms with Gasteiger partial charge in [-0.3, -0.25) is 0 Å². The Balaban J connectivity index is 3.18. The van der Waals surface area contributed by atoms with Gasteiger partial charge in [0.15, 0.2) is 0 Å². The second-order valence-electron chi connectivity index (χ2n) is 2.35. The summed E-state index contributed by atoms with van der Waals surface area (Å²) in [4.78, 5) is 0. The minimum Gasteiger partial charge on any atom is -0.166 e. The van der Waals surface area contributed by atoms with Crippen molar-refractivity contribution in [1.82, 2.24) is 0 Å². The largest absolute Gasteiger partial charge is 0.416 e. The highest BCUT2D eigenvalue weighted by molar-refractivity contribution is 6.30. The molecule has 0 aliphatic carbocycles. The predicted octanol–water partition coefficient (Wildman–Crippen LogP) is 3.54. The van der Waals surface area contributed by atoms with Crippen LogP contribution in [0.5, 0.6) is 0 Å². The zero-order valence-electron chi connectivity index (χ0n) is 5.95. The Hall–Kier alpha value is -0.700. The van der Waals surface area contributed by atoms with Crippen LogP contribution in [-0.4, -0.2) is 0 Å². The zero-order chi connectivity index (χ0) is 9.35. The van der Waals surface area contributed by atoms with Gasteiger partial charge in [-0.15, -0.1) is 0 Å². The van der Waals surface area contributed by atoms with Gasteiger partial charge in [0, 0.05) is 5.02 Å². The number of hydrogen-bond acceptors (Lipinski definition) is 0. The van der Waals surface area contributed by atoms with Crippen molar-refractivity contribution in [2.24, 2.45) is 0 Å². The summed E-state index contributed by atoms with van der Waals surface area (Å²) in [5, 5.41) is 0.0508. The third-order valence-electron chi connectivity index (χ3n) is 1.28. The normalized spacial score (nSPS) is 11.8. The smallest absolute Gasteiger partial charge is 0.166 e. The van der Waals surface area contributed by atoms with E-state index >= 15 is 0 Å². The Morgan fingerprint density at radius 2 is 1.75 bits per heavy atom. The lowest BCUT2D eigenvalue weighted by molar-refractivity contribution is -0.137. The summed E-state index contributed by atoms with van der Waals surface area (Å²) in [5.41, 5.74) is -0.505. The maximum Gasteiger partial charge on any atom is 0.416 e. The number of rotatable bonds is 0. The SMILES string of the molecule is [CH2]c1cc(Cl)cc(C(F)(F)F)c1. The van der Waals surface area contributed by atoms with Crippen LogP contribution in [0.3, 0.4) is 0 Å². The van der Waals surface area contributed by atoms with Gasteiger partial charge in [-0.2, -0.15) is 13.2 Å². The summed E-state index contributed by atoms with van der Waals surface area (Å²) in [6.45, 7) is 3.37. The molecule has 0 aromatic heterocycles. The van der Waals surface area contributed by atoms with Crippen LogP contribution in [0.4, 0.5) is 13.2 Å². The topological polar surface area (TPSA) is 0 Å². The highest BCUT2D eigenvalue weighted by Crippen LogP contribution is 2.31. The molecule has 1 radical (unpaired) electrons. The minimum absolute atomic E-state index is 0.0508. The van der Waals surface area contributed by atoms with Crippen LogP contribution in [0.2, 0.25) is 5.02 Å². The molecule has 0 bridgehead atoms. The number of benzene rings is 1. The van der Waals surface area contributed by atoms with Crippen molar-refractivity contribution in [3.8, 4) is 0 Å². The Kier molecular flexibility index (Phi) is 2.33. The first-order valence-corrected chi connectivity index (χ1v) is 3.47. The van der Waals surface area contributed by atoms with Gasteiger partial charge in [-0.05, 0) is 30.7 Å². The van der Waals surface area contributed by atoms with Gasteiger partial charge in [0.05, 0.1) is 5.56 Å². The summed E-state index contributed by atoms with van der Waals surface area (Å²) in [7, 11) is 0. The Morgan fingerprint density at radius 1 is 1.17 bits per heavy atom. The molecule has 0 aliphatic rings. The van der Waals surface area contributed by atoms with E-state index in [-0.39, 0.29) is 10.6 Å². The van der Waals surface area contributed by atoms with Crippen molar-refractivity contribution >= 4 is 11.6 Å². The molecule has 0 fully saturated rings. The van der Waals surface area contributed by atoms with Gasteiger partial charge in [-0.25, -0.2) is 0 Å². The number of alkyl halides is 3. The van der Waals surface area contributed by atoms with Crippen LogP contribution < -0.4 is 0 Å². The first-order valence-electron chi connectivity index (χ1n) is 3.09. The average molecular weight is 194 g/mol. The van der Waals surface area contributed by atoms with Crippen LogP contribution in [0.15, 0.2) is 18.2 Å². The lowest BCUT2D eigenvalue weighted by Crippen LogP contribution is -2.04. The molecule has 65 valence electrons. The maximum atomic E-state index is 12.1. The third-order valence-corrected chi connectivity index (χ3v) is 1.50. The molecule has 0 N–H and O–H groups in total. The lowest BCUT2D eigenvalue weighted by Gasteiger charge is -2.07. The maximum absolute atomic E-state index is 12.1. The molecule has 0 aliphatic heterocycles. The van der Waals surface area contributed by atoms with E-state index in [4.69, 9.17) is 11.6 Å². The molecule has 1 aromatic carbocycles. The third kappa shape index (κ3) is 2.14. The van der Waals surface area contributed by atoms with E-state index in [1.54, 1.807) is 0 Å². The quantitative estimate of drug-likeness (QED) is 0.591. The van der Waals surface area contributed by atoms with Crippen LogP contribution in [0, 0.1) is 6.92 Å². The van der Waals surface area contributed by atoms with Crippen molar-refractivity contribution in [3.63, 3.8) is 0 Å². The molecule has 0 heterocycles. The van der Waals surface area contributed by atoms with E-state index in [9.17, 15) is 13.2 Å².